The van der Waals surface area contributed by atoms with E-state index in [-0.39, 0.29) is 29.0 Å². The van der Waals surface area contributed by atoms with E-state index in [4.69, 9.17) is 19.7 Å². The molecular formula is C22H15O10. The number of rotatable bonds is 8. The van der Waals surface area contributed by atoms with E-state index in [0.29, 0.717) is 11.9 Å². The van der Waals surface area contributed by atoms with Crippen LogP contribution in [0, 0.1) is 6.10 Å². The second-order valence-corrected chi connectivity index (χ2v) is 6.47. The standard InChI is InChI=1S/C22H15O10/c23-19(24)15-6-4-13(9-17(15)21(27)28)31-11-2-1-3-12(8-11)32-14-5-7-16(20(25)26)18(10-14)22(29)30/h1-7,9-10H,8H2,(H,23,24)(H,25,26)(H,27,28)(H,29,30). The number of allylic oxidation sites excluding steroid dienone is 2. The molecule has 32 heavy (non-hydrogen) atoms. The van der Waals surface area contributed by atoms with Crippen LogP contribution in [0.15, 0.2) is 60.4 Å². The summed E-state index contributed by atoms with van der Waals surface area (Å²) in [7, 11) is 0. The van der Waals surface area contributed by atoms with E-state index in [1.165, 1.54) is 12.1 Å². The molecular weight excluding hydrogens is 424 g/mol. The van der Waals surface area contributed by atoms with Gasteiger partial charge in [-0.25, -0.2) is 19.2 Å². The molecule has 0 bridgehead atoms. The molecule has 1 aliphatic rings. The fourth-order valence-corrected chi connectivity index (χ4v) is 2.90. The van der Waals surface area contributed by atoms with E-state index in [1.807, 2.05) is 0 Å². The molecule has 4 N–H and O–H groups in total. The van der Waals surface area contributed by atoms with Crippen molar-refractivity contribution in [3.8, 4) is 11.5 Å². The Bertz CT molecular complexity index is 1180. The van der Waals surface area contributed by atoms with Gasteiger partial charge in [0.15, 0.2) is 6.10 Å². The van der Waals surface area contributed by atoms with Crippen molar-refractivity contribution in [3.63, 3.8) is 0 Å². The number of ether oxygens (including phenoxy) is 2. The summed E-state index contributed by atoms with van der Waals surface area (Å²) >= 11 is 0. The van der Waals surface area contributed by atoms with Crippen molar-refractivity contribution < 1.29 is 49.1 Å². The van der Waals surface area contributed by atoms with Crippen LogP contribution in [-0.4, -0.2) is 44.3 Å². The molecule has 0 aromatic heterocycles. The normalized spacial score (nSPS) is 13.2. The Balaban J connectivity index is 1.74. The van der Waals surface area contributed by atoms with Crippen LogP contribution in [0.5, 0.6) is 11.5 Å². The summed E-state index contributed by atoms with van der Waals surface area (Å²) in [5, 5.41) is 36.6. The molecule has 0 aliphatic heterocycles. The quantitative estimate of drug-likeness (QED) is 0.479. The fraction of sp³-hybridized carbons (Fsp3) is 0.0455. The van der Waals surface area contributed by atoms with Gasteiger partial charge in [-0.2, -0.15) is 0 Å². The molecule has 2 aromatic carbocycles. The lowest BCUT2D eigenvalue weighted by atomic mass is 10.1. The van der Waals surface area contributed by atoms with E-state index < -0.39 is 35.0 Å². The zero-order chi connectivity index (χ0) is 23.4. The highest BCUT2D eigenvalue weighted by Crippen LogP contribution is 2.29. The molecule has 0 spiro atoms. The monoisotopic (exact) mass is 439 g/mol. The Kier molecular flexibility index (Phi) is 6.24. The predicted molar refractivity (Wildman–Crippen MR) is 107 cm³/mol. The van der Waals surface area contributed by atoms with Gasteiger partial charge in [-0.05, 0) is 48.6 Å². The number of benzene rings is 2. The maximum Gasteiger partial charge on any atom is 0.336 e. The molecule has 2 aromatic rings. The molecule has 1 aliphatic carbocycles. The van der Waals surface area contributed by atoms with Crippen LogP contribution >= 0.6 is 0 Å². The van der Waals surface area contributed by atoms with Crippen molar-refractivity contribution in [2.75, 3.05) is 0 Å². The Hall–Kier alpha value is -4.60. The minimum atomic E-state index is -1.42. The summed E-state index contributed by atoms with van der Waals surface area (Å²) in [5.74, 6) is -5.04. The van der Waals surface area contributed by atoms with Crippen molar-refractivity contribution in [1.82, 2.24) is 0 Å². The molecule has 0 unspecified atom stereocenters. The summed E-state index contributed by atoms with van der Waals surface area (Å²) < 4.78 is 11.3. The number of carbonyl (C=O) groups is 4. The van der Waals surface area contributed by atoms with E-state index in [9.17, 15) is 29.4 Å². The first-order valence-corrected chi connectivity index (χ1v) is 8.95. The zero-order valence-electron chi connectivity index (χ0n) is 16.1. The molecule has 10 nitrogen and oxygen atoms in total. The van der Waals surface area contributed by atoms with Crippen molar-refractivity contribution in [2.45, 2.75) is 6.42 Å². The molecule has 0 fully saturated rings. The van der Waals surface area contributed by atoms with Gasteiger partial charge in [0.1, 0.15) is 17.3 Å². The second-order valence-electron chi connectivity index (χ2n) is 6.47. The van der Waals surface area contributed by atoms with Crippen molar-refractivity contribution in [3.05, 3.63) is 88.7 Å². The number of carboxylic acid groups (broad SMARTS) is 4. The third kappa shape index (κ3) is 4.93. The molecule has 0 heterocycles. The average Bonchev–Trinajstić information content (AvgIpc) is 2.73. The first kappa shape index (κ1) is 22.1. The minimum absolute atomic E-state index is 0.104. The summed E-state index contributed by atoms with van der Waals surface area (Å²) in [5.41, 5.74) is -1.61. The first-order valence-electron chi connectivity index (χ1n) is 8.95. The van der Waals surface area contributed by atoms with Crippen LogP contribution in [0.3, 0.4) is 0 Å². The topological polar surface area (TPSA) is 168 Å². The van der Waals surface area contributed by atoms with E-state index in [2.05, 4.69) is 0 Å². The number of carboxylic acids is 4. The van der Waals surface area contributed by atoms with Gasteiger partial charge in [0.2, 0.25) is 0 Å². The molecule has 3 rings (SSSR count). The van der Waals surface area contributed by atoms with Gasteiger partial charge in [0, 0.05) is 0 Å². The Morgan fingerprint density at radius 3 is 1.59 bits per heavy atom. The highest BCUT2D eigenvalue weighted by atomic mass is 16.5. The predicted octanol–water partition coefficient (Wildman–Crippen LogP) is 3.31. The Morgan fingerprint density at radius 2 is 1.12 bits per heavy atom. The SMILES string of the molecule is O=C(O)c1ccc(O[C]2C=CC=C(Oc3ccc(C(=O)O)c(C(=O)O)c3)C2)cc1C(=O)O. The van der Waals surface area contributed by atoms with Crippen LogP contribution in [0.1, 0.15) is 47.9 Å². The summed E-state index contributed by atoms with van der Waals surface area (Å²) in [6.07, 6.45) is 5.23. The molecule has 0 saturated carbocycles. The van der Waals surface area contributed by atoms with Crippen molar-refractivity contribution in [2.24, 2.45) is 0 Å². The highest BCUT2D eigenvalue weighted by Gasteiger charge is 2.22. The Labute approximate surface area is 180 Å². The second kappa shape index (κ2) is 9.04. The molecule has 163 valence electrons. The molecule has 0 saturated heterocycles. The molecule has 0 atom stereocenters. The summed E-state index contributed by atoms with van der Waals surface area (Å²) in [6, 6.07) is 7.07. The maximum absolute atomic E-state index is 11.3. The molecule has 10 heteroatoms. The van der Waals surface area contributed by atoms with E-state index in [0.717, 1.165) is 24.3 Å². The van der Waals surface area contributed by atoms with Crippen LogP contribution in [0.2, 0.25) is 0 Å². The van der Waals surface area contributed by atoms with Gasteiger partial charge in [-0.3, -0.25) is 0 Å². The minimum Gasteiger partial charge on any atom is -0.478 e. The van der Waals surface area contributed by atoms with E-state index in [1.54, 1.807) is 18.2 Å². The molecule has 1 radical (unpaired) electrons. The van der Waals surface area contributed by atoms with Crippen LogP contribution in [0.25, 0.3) is 0 Å². The number of hydrogen-bond donors (Lipinski definition) is 4. The lowest BCUT2D eigenvalue weighted by Crippen LogP contribution is -2.13. The van der Waals surface area contributed by atoms with Gasteiger partial charge >= 0.3 is 23.9 Å². The summed E-state index contributed by atoms with van der Waals surface area (Å²) in [4.78, 5) is 44.9. The smallest absolute Gasteiger partial charge is 0.336 e. The number of aromatic carboxylic acids is 4. The maximum atomic E-state index is 11.3. The zero-order valence-corrected chi connectivity index (χ0v) is 16.1. The van der Waals surface area contributed by atoms with Gasteiger partial charge in [-0.15, -0.1) is 0 Å². The largest absolute Gasteiger partial charge is 0.478 e. The van der Waals surface area contributed by atoms with Crippen LogP contribution in [-0.2, 0) is 0 Å². The third-order valence-corrected chi connectivity index (χ3v) is 4.31. The van der Waals surface area contributed by atoms with Gasteiger partial charge in [0.05, 0.1) is 28.7 Å². The summed E-state index contributed by atoms with van der Waals surface area (Å²) in [6.45, 7) is 0. The lowest BCUT2D eigenvalue weighted by molar-refractivity contribution is 0.0651. The highest BCUT2D eigenvalue weighted by molar-refractivity contribution is 6.02. The van der Waals surface area contributed by atoms with Crippen LogP contribution in [0.4, 0.5) is 0 Å². The van der Waals surface area contributed by atoms with Gasteiger partial charge < -0.3 is 29.9 Å². The Morgan fingerprint density at radius 1 is 0.656 bits per heavy atom. The first-order chi connectivity index (χ1) is 15.2. The average molecular weight is 439 g/mol. The third-order valence-electron chi connectivity index (χ3n) is 4.31. The molecule has 0 amide bonds. The van der Waals surface area contributed by atoms with Gasteiger partial charge in [-0.1, -0.05) is 6.08 Å². The fourth-order valence-electron chi connectivity index (χ4n) is 2.90. The van der Waals surface area contributed by atoms with Gasteiger partial charge in [0.25, 0.3) is 0 Å². The van der Waals surface area contributed by atoms with Crippen LogP contribution < -0.4 is 9.47 Å². The lowest BCUT2D eigenvalue weighted by Gasteiger charge is -2.20. The van der Waals surface area contributed by atoms with Crippen molar-refractivity contribution >= 4 is 23.9 Å². The van der Waals surface area contributed by atoms with Crippen molar-refractivity contribution in [1.29, 1.82) is 0 Å². The number of hydrogen-bond acceptors (Lipinski definition) is 6. The van der Waals surface area contributed by atoms with E-state index >= 15 is 0 Å².